The van der Waals surface area contributed by atoms with Gasteiger partial charge in [-0.3, -0.25) is 0 Å². The van der Waals surface area contributed by atoms with Gasteiger partial charge in [-0.25, -0.2) is 0 Å². The number of unbranched alkanes of at least 4 members (excludes halogenated alkanes) is 12. The Hall–Kier alpha value is 0.0969. The quantitative estimate of drug-likeness (QED) is 0.134. The third-order valence-corrected chi connectivity index (χ3v) is 13.4. The smallest absolute Gasteiger partial charge is 0.200 e. The second-order valence-electron chi connectivity index (χ2n) is 10.8. The Morgan fingerprint density at radius 3 is 1.29 bits per heavy atom. The maximum absolute atomic E-state index is 10.5. The van der Waals surface area contributed by atoms with E-state index in [1.54, 1.807) is 0 Å². The lowest BCUT2D eigenvalue weighted by molar-refractivity contribution is -0.0136. The molecule has 0 saturated carbocycles. The highest BCUT2D eigenvalue weighted by atomic mass is 28.4. The van der Waals surface area contributed by atoms with Crippen molar-refractivity contribution < 1.29 is 14.6 Å². The molecule has 2 atom stereocenters. The van der Waals surface area contributed by atoms with Crippen molar-refractivity contribution in [3.8, 4) is 0 Å². The van der Waals surface area contributed by atoms with Crippen LogP contribution in [0.25, 0.3) is 0 Å². The summed E-state index contributed by atoms with van der Waals surface area (Å²) in [5.74, 6) is 0. The fourth-order valence-corrected chi connectivity index (χ4v) is 11.1. The van der Waals surface area contributed by atoms with Gasteiger partial charge in [-0.15, -0.1) is 0 Å². The molecule has 31 heavy (non-hydrogen) atoms. The summed E-state index contributed by atoms with van der Waals surface area (Å²) >= 11 is 0. The average molecular weight is 459 g/mol. The Balaban J connectivity index is 4.24. The van der Waals surface area contributed by atoms with Crippen LogP contribution in [0.15, 0.2) is 0 Å². The van der Waals surface area contributed by atoms with Crippen LogP contribution in [-0.4, -0.2) is 37.3 Å². The molecular weight excluding hydrogens is 400 g/mol. The highest BCUT2D eigenvalue weighted by Gasteiger charge is 2.47. The summed E-state index contributed by atoms with van der Waals surface area (Å²) in [4.78, 5) is 0. The summed E-state index contributed by atoms with van der Waals surface area (Å²) in [6, 6.07) is 0. The lowest BCUT2D eigenvalue weighted by Crippen LogP contribution is -2.52. The number of rotatable bonds is 21. The van der Waals surface area contributed by atoms with Crippen molar-refractivity contribution in [2.75, 3.05) is 6.61 Å². The second-order valence-corrected chi connectivity index (χ2v) is 16.2. The predicted octanol–water partition coefficient (Wildman–Crippen LogP) is 8.38. The number of aliphatic hydroxyl groups excluding tert-OH is 2. The summed E-state index contributed by atoms with van der Waals surface area (Å²) in [5, 5.41) is 20.1. The van der Waals surface area contributed by atoms with Crippen molar-refractivity contribution in [1.29, 1.82) is 0 Å². The molecule has 2 N–H and O–H groups in total. The molecular formula is C27H58O3Si. The van der Waals surface area contributed by atoms with Gasteiger partial charge in [-0.05, 0) is 23.0 Å². The van der Waals surface area contributed by atoms with E-state index in [9.17, 15) is 10.2 Å². The molecule has 0 aromatic rings. The fraction of sp³-hybridized carbons (Fsp3) is 1.00. The summed E-state index contributed by atoms with van der Waals surface area (Å²) in [6.45, 7) is 15.7. The zero-order valence-electron chi connectivity index (χ0n) is 22.3. The Labute approximate surface area is 196 Å². The van der Waals surface area contributed by atoms with E-state index >= 15 is 0 Å². The molecule has 0 spiro atoms. The number of hydrogen-bond acceptors (Lipinski definition) is 3. The van der Waals surface area contributed by atoms with Crippen LogP contribution in [0.2, 0.25) is 16.6 Å². The van der Waals surface area contributed by atoms with Gasteiger partial charge in [0.2, 0.25) is 8.32 Å². The molecule has 3 nitrogen and oxygen atoms in total. The maximum Gasteiger partial charge on any atom is 0.200 e. The first-order valence-corrected chi connectivity index (χ1v) is 15.8. The van der Waals surface area contributed by atoms with Crippen LogP contribution in [0.4, 0.5) is 0 Å². The minimum atomic E-state index is -2.05. The van der Waals surface area contributed by atoms with E-state index < -0.39 is 14.4 Å². The fourth-order valence-electron chi connectivity index (χ4n) is 5.48. The highest BCUT2D eigenvalue weighted by molar-refractivity contribution is 6.77. The van der Waals surface area contributed by atoms with E-state index in [1.807, 2.05) is 0 Å². The largest absolute Gasteiger partial charge is 0.410 e. The van der Waals surface area contributed by atoms with E-state index in [0.29, 0.717) is 16.6 Å². The third kappa shape index (κ3) is 12.2. The van der Waals surface area contributed by atoms with Crippen molar-refractivity contribution in [1.82, 2.24) is 0 Å². The molecule has 0 fully saturated rings. The lowest BCUT2D eigenvalue weighted by Gasteiger charge is -2.45. The Morgan fingerprint density at radius 2 is 0.968 bits per heavy atom. The van der Waals surface area contributed by atoms with Gasteiger partial charge in [0.1, 0.15) is 6.10 Å². The SMILES string of the molecule is CCCCCCCCCCCCCCC[C@H](O[Si](C(C)C)(C(C)C)C(C)C)[C@H](O)CO. The van der Waals surface area contributed by atoms with Gasteiger partial charge < -0.3 is 14.6 Å². The van der Waals surface area contributed by atoms with Crippen molar-refractivity contribution >= 4 is 8.32 Å². The van der Waals surface area contributed by atoms with Crippen LogP contribution in [0.1, 0.15) is 138 Å². The van der Waals surface area contributed by atoms with Crippen LogP contribution < -0.4 is 0 Å². The molecule has 4 heteroatoms. The maximum atomic E-state index is 10.5. The van der Waals surface area contributed by atoms with Gasteiger partial charge in [0, 0.05) is 0 Å². The zero-order valence-corrected chi connectivity index (χ0v) is 23.3. The normalized spacial score (nSPS) is 14.7. The topological polar surface area (TPSA) is 49.7 Å². The first-order chi connectivity index (χ1) is 14.7. The molecule has 0 aromatic heterocycles. The van der Waals surface area contributed by atoms with Crippen molar-refractivity contribution in [3.63, 3.8) is 0 Å². The van der Waals surface area contributed by atoms with Gasteiger partial charge in [0.25, 0.3) is 0 Å². The molecule has 188 valence electrons. The molecule has 0 amide bonds. The molecule has 0 saturated heterocycles. The van der Waals surface area contributed by atoms with Crippen LogP contribution in [0, 0.1) is 0 Å². The van der Waals surface area contributed by atoms with Crippen molar-refractivity contribution in [2.45, 2.75) is 167 Å². The van der Waals surface area contributed by atoms with Gasteiger partial charge in [0.05, 0.1) is 12.7 Å². The van der Waals surface area contributed by atoms with E-state index in [0.717, 1.165) is 12.8 Å². The Morgan fingerprint density at radius 1 is 0.613 bits per heavy atom. The Kier molecular flexibility index (Phi) is 18.6. The molecule has 0 radical (unpaired) electrons. The van der Waals surface area contributed by atoms with Gasteiger partial charge in [-0.1, -0.05) is 132 Å². The van der Waals surface area contributed by atoms with Crippen LogP contribution in [0.3, 0.4) is 0 Å². The second kappa shape index (κ2) is 18.5. The van der Waals surface area contributed by atoms with Crippen LogP contribution in [0.5, 0.6) is 0 Å². The first-order valence-electron chi connectivity index (χ1n) is 13.7. The van der Waals surface area contributed by atoms with Crippen LogP contribution >= 0.6 is 0 Å². The van der Waals surface area contributed by atoms with E-state index in [2.05, 4.69) is 48.5 Å². The van der Waals surface area contributed by atoms with E-state index in [1.165, 1.54) is 77.0 Å². The monoisotopic (exact) mass is 458 g/mol. The summed E-state index contributed by atoms with van der Waals surface area (Å²) in [5.41, 5.74) is 1.48. The number of aliphatic hydroxyl groups is 2. The minimum absolute atomic E-state index is 0.206. The number of hydrogen-bond donors (Lipinski definition) is 2. The summed E-state index contributed by atoms with van der Waals surface area (Å²) in [7, 11) is -2.05. The molecule has 0 aliphatic rings. The zero-order chi connectivity index (χ0) is 23.7. The standard InChI is InChI=1S/C27H58O3Si/c1-8-9-10-11-12-13-14-15-16-17-18-19-20-21-27(26(29)22-28)30-31(23(2)3,24(4)5)25(6)7/h23-29H,8-22H2,1-7H3/t26-,27+/m1/s1. The van der Waals surface area contributed by atoms with Gasteiger partial charge in [0.15, 0.2) is 0 Å². The third-order valence-electron chi connectivity index (χ3n) is 7.27. The highest BCUT2D eigenvalue weighted by Crippen LogP contribution is 2.43. The molecule has 0 rings (SSSR count). The average Bonchev–Trinajstić information content (AvgIpc) is 2.72. The van der Waals surface area contributed by atoms with Gasteiger partial charge >= 0.3 is 0 Å². The predicted molar refractivity (Wildman–Crippen MR) is 139 cm³/mol. The van der Waals surface area contributed by atoms with E-state index in [-0.39, 0.29) is 12.7 Å². The van der Waals surface area contributed by atoms with Crippen LogP contribution in [-0.2, 0) is 4.43 Å². The summed E-state index contributed by atoms with van der Waals surface area (Å²) in [6.07, 6.45) is 17.3. The van der Waals surface area contributed by atoms with Crippen molar-refractivity contribution in [3.05, 3.63) is 0 Å². The minimum Gasteiger partial charge on any atom is -0.410 e. The molecule has 0 aromatic carbocycles. The Bertz CT molecular complexity index is 376. The molecule has 0 bridgehead atoms. The van der Waals surface area contributed by atoms with E-state index in [4.69, 9.17) is 4.43 Å². The lowest BCUT2D eigenvalue weighted by atomic mass is 10.0. The molecule has 0 unspecified atom stereocenters. The first kappa shape index (κ1) is 31.1. The summed E-state index contributed by atoms with van der Waals surface area (Å²) < 4.78 is 6.81. The molecule has 0 aliphatic carbocycles. The molecule has 0 heterocycles. The molecule has 0 aliphatic heterocycles. The van der Waals surface area contributed by atoms with Gasteiger partial charge in [-0.2, -0.15) is 0 Å². The van der Waals surface area contributed by atoms with Crippen molar-refractivity contribution in [2.24, 2.45) is 0 Å².